The number of benzene rings is 2. The van der Waals surface area contributed by atoms with Crippen molar-refractivity contribution in [3.63, 3.8) is 0 Å². The first-order valence-corrected chi connectivity index (χ1v) is 10.9. The lowest BCUT2D eigenvalue weighted by atomic mass is 9.77. The summed E-state index contributed by atoms with van der Waals surface area (Å²) in [6.07, 6.45) is 0.606. The highest BCUT2D eigenvalue weighted by Crippen LogP contribution is 2.49. The predicted molar refractivity (Wildman–Crippen MR) is 114 cm³/mol. The van der Waals surface area contributed by atoms with E-state index in [1.807, 2.05) is 24.3 Å². The molecule has 2 aliphatic heterocycles. The standard InChI is InChI=1S/C24H23F2N3O4/c25-18-9-15(10-19(26)21(18)16-5-6-20(30)28-22(16)31)29-11-14(12-29)24(33-23(27)32)8-7-13-3-1-2-4-17(13)24/h1-4,9-10,14,16H,5-8,11-12H2,(H2,27,32)(H,28,30,31)/t16?,24-/m1/s1. The number of primary amides is 1. The second-order valence-electron chi connectivity index (χ2n) is 8.90. The average molecular weight is 455 g/mol. The summed E-state index contributed by atoms with van der Waals surface area (Å²) >= 11 is 0. The van der Waals surface area contributed by atoms with Crippen molar-refractivity contribution in [1.29, 1.82) is 0 Å². The van der Waals surface area contributed by atoms with E-state index in [4.69, 9.17) is 10.5 Å². The van der Waals surface area contributed by atoms with Crippen LogP contribution in [0, 0.1) is 17.6 Å². The Morgan fingerprint density at radius 3 is 2.48 bits per heavy atom. The number of carbonyl (C=O) groups is 3. The Hall–Kier alpha value is -3.49. The molecule has 33 heavy (non-hydrogen) atoms. The molecule has 0 saturated carbocycles. The first-order chi connectivity index (χ1) is 15.8. The molecule has 1 unspecified atom stereocenters. The number of rotatable bonds is 4. The number of amides is 3. The molecule has 0 bridgehead atoms. The van der Waals surface area contributed by atoms with Gasteiger partial charge in [0.25, 0.3) is 0 Å². The van der Waals surface area contributed by atoms with Crippen molar-refractivity contribution in [1.82, 2.24) is 5.32 Å². The van der Waals surface area contributed by atoms with Crippen LogP contribution in [0.3, 0.4) is 0 Å². The zero-order valence-electron chi connectivity index (χ0n) is 17.8. The maximum absolute atomic E-state index is 14.9. The largest absolute Gasteiger partial charge is 0.438 e. The molecule has 3 amide bonds. The molecular weight excluding hydrogens is 432 g/mol. The number of halogens is 2. The molecule has 2 aromatic carbocycles. The smallest absolute Gasteiger partial charge is 0.405 e. The van der Waals surface area contributed by atoms with E-state index in [-0.39, 0.29) is 24.3 Å². The number of aryl methyl sites for hydroxylation is 1. The summed E-state index contributed by atoms with van der Waals surface area (Å²) in [5, 5.41) is 2.13. The molecule has 2 fully saturated rings. The van der Waals surface area contributed by atoms with Crippen LogP contribution in [0.15, 0.2) is 36.4 Å². The fraction of sp³-hybridized carbons (Fsp3) is 0.375. The van der Waals surface area contributed by atoms with E-state index in [0.29, 0.717) is 25.2 Å². The Kier molecular flexibility index (Phi) is 5.07. The summed E-state index contributed by atoms with van der Waals surface area (Å²) in [4.78, 5) is 37.0. The minimum atomic E-state index is -1.04. The molecule has 3 aliphatic rings. The van der Waals surface area contributed by atoms with Crippen LogP contribution in [0.2, 0.25) is 0 Å². The van der Waals surface area contributed by atoms with Gasteiger partial charge in [-0.15, -0.1) is 0 Å². The van der Waals surface area contributed by atoms with E-state index in [9.17, 15) is 23.2 Å². The topological polar surface area (TPSA) is 102 Å². The van der Waals surface area contributed by atoms with Crippen molar-refractivity contribution in [3.05, 3.63) is 64.7 Å². The van der Waals surface area contributed by atoms with E-state index in [2.05, 4.69) is 5.32 Å². The van der Waals surface area contributed by atoms with Crippen LogP contribution >= 0.6 is 0 Å². The minimum absolute atomic E-state index is 0.0360. The van der Waals surface area contributed by atoms with E-state index in [0.717, 1.165) is 17.5 Å². The first-order valence-electron chi connectivity index (χ1n) is 10.9. The van der Waals surface area contributed by atoms with Gasteiger partial charge < -0.3 is 15.4 Å². The molecular formula is C24H23F2N3O4. The van der Waals surface area contributed by atoms with Crippen LogP contribution in [0.1, 0.15) is 41.9 Å². The normalized spacial score (nSPS) is 24.8. The Labute approximate surface area is 188 Å². The molecule has 5 rings (SSSR count). The third-order valence-corrected chi connectivity index (χ3v) is 7.08. The van der Waals surface area contributed by atoms with Gasteiger partial charge in [0.15, 0.2) is 0 Å². The number of hydrogen-bond donors (Lipinski definition) is 2. The van der Waals surface area contributed by atoms with E-state index < -0.39 is 41.1 Å². The molecule has 7 nitrogen and oxygen atoms in total. The molecule has 0 aromatic heterocycles. The van der Waals surface area contributed by atoms with Crippen molar-refractivity contribution in [2.75, 3.05) is 18.0 Å². The quantitative estimate of drug-likeness (QED) is 0.691. The summed E-state index contributed by atoms with van der Waals surface area (Å²) in [5.41, 5.74) is 6.59. The summed E-state index contributed by atoms with van der Waals surface area (Å²) in [6.45, 7) is 0.858. The lowest BCUT2D eigenvalue weighted by molar-refractivity contribution is -0.134. The number of nitrogens with one attached hydrogen (secondary N) is 1. The van der Waals surface area contributed by atoms with Crippen molar-refractivity contribution < 1.29 is 27.9 Å². The highest BCUT2D eigenvalue weighted by molar-refractivity contribution is 6.01. The van der Waals surface area contributed by atoms with Gasteiger partial charge in [0, 0.05) is 36.7 Å². The fourth-order valence-corrected chi connectivity index (χ4v) is 5.44. The second-order valence-corrected chi connectivity index (χ2v) is 8.90. The molecule has 2 aromatic rings. The number of ether oxygens (including phenoxy) is 1. The second kappa shape index (κ2) is 7.83. The van der Waals surface area contributed by atoms with Crippen LogP contribution in [-0.4, -0.2) is 31.0 Å². The lowest BCUT2D eigenvalue weighted by Gasteiger charge is -2.49. The molecule has 1 aliphatic carbocycles. The van der Waals surface area contributed by atoms with Gasteiger partial charge in [-0.25, -0.2) is 13.6 Å². The van der Waals surface area contributed by atoms with Crippen LogP contribution in [0.25, 0.3) is 0 Å². The Morgan fingerprint density at radius 2 is 1.82 bits per heavy atom. The summed E-state index contributed by atoms with van der Waals surface area (Å²) < 4.78 is 35.5. The molecule has 2 heterocycles. The number of carbonyl (C=O) groups excluding carboxylic acids is 3. The first kappa shape index (κ1) is 21.4. The van der Waals surface area contributed by atoms with Gasteiger partial charge in [0.05, 0.1) is 5.92 Å². The van der Waals surface area contributed by atoms with E-state index in [1.165, 1.54) is 12.1 Å². The van der Waals surface area contributed by atoms with Gasteiger partial charge in [-0.2, -0.15) is 0 Å². The number of piperidine rings is 1. The number of imide groups is 1. The Balaban J connectivity index is 1.37. The monoisotopic (exact) mass is 455 g/mol. The molecule has 2 atom stereocenters. The van der Waals surface area contributed by atoms with Crippen molar-refractivity contribution in [3.8, 4) is 0 Å². The van der Waals surface area contributed by atoms with E-state index in [1.54, 1.807) is 4.90 Å². The van der Waals surface area contributed by atoms with Gasteiger partial charge >= 0.3 is 6.09 Å². The van der Waals surface area contributed by atoms with Crippen molar-refractivity contribution in [2.45, 2.75) is 37.2 Å². The minimum Gasteiger partial charge on any atom is -0.438 e. The molecule has 0 spiro atoms. The number of nitrogens with zero attached hydrogens (tertiary/aromatic N) is 1. The molecule has 3 N–H and O–H groups in total. The highest BCUT2D eigenvalue weighted by Gasteiger charge is 2.52. The number of nitrogens with two attached hydrogens (primary N) is 1. The van der Waals surface area contributed by atoms with Crippen LogP contribution < -0.4 is 16.0 Å². The molecule has 0 radical (unpaired) electrons. The van der Waals surface area contributed by atoms with Crippen LogP contribution in [-0.2, 0) is 26.3 Å². The van der Waals surface area contributed by atoms with Crippen LogP contribution in [0.4, 0.5) is 19.3 Å². The van der Waals surface area contributed by atoms with Crippen molar-refractivity contribution >= 4 is 23.6 Å². The van der Waals surface area contributed by atoms with Crippen molar-refractivity contribution in [2.24, 2.45) is 11.7 Å². The number of hydrogen-bond acceptors (Lipinski definition) is 5. The van der Waals surface area contributed by atoms with E-state index >= 15 is 0 Å². The van der Waals surface area contributed by atoms with Gasteiger partial charge in [-0.1, -0.05) is 24.3 Å². The predicted octanol–water partition coefficient (Wildman–Crippen LogP) is 2.86. The zero-order valence-corrected chi connectivity index (χ0v) is 17.8. The maximum atomic E-state index is 14.9. The number of fused-ring (bicyclic) bond motifs is 1. The molecule has 9 heteroatoms. The Morgan fingerprint density at radius 1 is 1.12 bits per heavy atom. The summed E-state index contributed by atoms with van der Waals surface area (Å²) in [6, 6.07) is 10.2. The van der Waals surface area contributed by atoms with Crippen LogP contribution in [0.5, 0.6) is 0 Å². The Bertz CT molecular complexity index is 1140. The summed E-state index contributed by atoms with van der Waals surface area (Å²) in [5.74, 6) is -3.90. The molecule has 172 valence electrons. The SMILES string of the molecule is NC(=O)O[C@@]1(C2CN(c3cc(F)c(C4CCC(=O)NC4=O)c(F)c3)C2)CCc2ccccc21. The van der Waals surface area contributed by atoms with Gasteiger partial charge in [-0.05, 0) is 42.5 Å². The fourth-order valence-electron chi connectivity index (χ4n) is 5.44. The van der Waals surface area contributed by atoms with Gasteiger partial charge in [0.1, 0.15) is 17.2 Å². The third-order valence-electron chi connectivity index (χ3n) is 7.08. The third kappa shape index (κ3) is 3.51. The highest BCUT2D eigenvalue weighted by atomic mass is 19.1. The maximum Gasteiger partial charge on any atom is 0.405 e. The number of anilines is 1. The lowest BCUT2D eigenvalue weighted by Crippen LogP contribution is -2.57. The zero-order chi connectivity index (χ0) is 23.3. The average Bonchev–Trinajstić information content (AvgIpc) is 3.06. The summed E-state index contributed by atoms with van der Waals surface area (Å²) in [7, 11) is 0. The van der Waals surface area contributed by atoms with Gasteiger partial charge in [-0.3, -0.25) is 14.9 Å². The molecule has 2 saturated heterocycles. The van der Waals surface area contributed by atoms with Gasteiger partial charge in [0.2, 0.25) is 11.8 Å².